The lowest BCUT2D eigenvalue weighted by molar-refractivity contribution is -0.129. The Kier molecular flexibility index (Phi) is 5.03. The highest BCUT2D eigenvalue weighted by molar-refractivity contribution is 5.80. The number of pyridine rings is 1. The average Bonchev–Trinajstić information content (AvgIpc) is 3.33. The lowest BCUT2D eigenvalue weighted by atomic mass is 10.1. The van der Waals surface area contributed by atoms with Gasteiger partial charge in [0, 0.05) is 36.8 Å². The van der Waals surface area contributed by atoms with Gasteiger partial charge in [0.15, 0.2) is 0 Å². The SMILES string of the molecule is COc1ccccc1CC(=O)N1CCC(c2nc3ccncc3n2C(C)C)C1. The van der Waals surface area contributed by atoms with Gasteiger partial charge in [0.1, 0.15) is 11.6 Å². The number of nitrogens with zero attached hydrogens (tertiary/aromatic N) is 4. The van der Waals surface area contributed by atoms with Crippen LogP contribution in [0.4, 0.5) is 0 Å². The minimum Gasteiger partial charge on any atom is -0.496 e. The Hall–Kier alpha value is -2.89. The highest BCUT2D eigenvalue weighted by Crippen LogP contribution is 2.32. The molecule has 2 aromatic heterocycles. The highest BCUT2D eigenvalue weighted by atomic mass is 16.5. The van der Waals surface area contributed by atoms with Crippen molar-refractivity contribution < 1.29 is 9.53 Å². The second-order valence-electron chi connectivity index (χ2n) is 7.61. The fourth-order valence-corrected chi connectivity index (χ4v) is 4.11. The van der Waals surface area contributed by atoms with Crippen molar-refractivity contribution in [2.45, 2.75) is 38.6 Å². The molecule has 3 aromatic rings. The number of likely N-dealkylation sites (tertiary alicyclic amines) is 1. The van der Waals surface area contributed by atoms with E-state index in [2.05, 4.69) is 23.4 Å². The molecule has 1 atom stereocenters. The van der Waals surface area contributed by atoms with E-state index in [4.69, 9.17) is 9.72 Å². The van der Waals surface area contributed by atoms with E-state index >= 15 is 0 Å². The number of ether oxygens (including phenoxy) is 1. The molecule has 0 bridgehead atoms. The normalized spacial score (nSPS) is 16.9. The zero-order valence-electron chi connectivity index (χ0n) is 16.6. The van der Waals surface area contributed by atoms with Gasteiger partial charge in [-0.3, -0.25) is 9.78 Å². The number of para-hydroxylation sites is 1. The molecule has 1 aromatic carbocycles. The fourth-order valence-electron chi connectivity index (χ4n) is 4.11. The Morgan fingerprint density at radius 2 is 2.11 bits per heavy atom. The van der Waals surface area contributed by atoms with Crippen LogP contribution in [0.3, 0.4) is 0 Å². The molecule has 6 heteroatoms. The lowest BCUT2D eigenvalue weighted by Crippen LogP contribution is -2.30. The molecule has 1 fully saturated rings. The standard InChI is InChI=1S/C22H26N4O2/c1-15(2)26-19-13-23-10-8-18(19)24-22(26)17-9-11-25(14-17)21(27)12-16-6-4-5-7-20(16)28-3/h4-8,10,13,15,17H,9,11-12,14H2,1-3H3. The highest BCUT2D eigenvalue weighted by Gasteiger charge is 2.31. The van der Waals surface area contributed by atoms with Crippen LogP contribution in [0.2, 0.25) is 0 Å². The summed E-state index contributed by atoms with van der Waals surface area (Å²) in [5.74, 6) is 2.21. The summed E-state index contributed by atoms with van der Waals surface area (Å²) in [4.78, 5) is 24.0. The van der Waals surface area contributed by atoms with Crippen LogP contribution in [-0.2, 0) is 11.2 Å². The number of aromatic nitrogens is 3. The second kappa shape index (κ2) is 7.62. The summed E-state index contributed by atoms with van der Waals surface area (Å²) in [7, 11) is 1.64. The van der Waals surface area contributed by atoms with Gasteiger partial charge in [-0.15, -0.1) is 0 Å². The Labute approximate surface area is 165 Å². The Balaban J connectivity index is 1.54. The first-order chi connectivity index (χ1) is 13.6. The summed E-state index contributed by atoms with van der Waals surface area (Å²) in [6, 6.07) is 9.96. The molecule has 1 aliphatic heterocycles. The van der Waals surface area contributed by atoms with Crippen LogP contribution in [0, 0.1) is 0 Å². The van der Waals surface area contributed by atoms with Crippen molar-refractivity contribution in [1.82, 2.24) is 19.4 Å². The van der Waals surface area contributed by atoms with Gasteiger partial charge in [0.25, 0.3) is 0 Å². The summed E-state index contributed by atoms with van der Waals surface area (Å²) in [5, 5.41) is 0. The largest absolute Gasteiger partial charge is 0.496 e. The van der Waals surface area contributed by atoms with Crippen LogP contribution < -0.4 is 4.74 Å². The predicted molar refractivity (Wildman–Crippen MR) is 109 cm³/mol. The molecule has 1 aliphatic rings. The first-order valence-corrected chi connectivity index (χ1v) is 9.80. The third kappa shape index (κ3) is 3.35. The molecule has 0 radical (unpaired) electrons. The maximum Gasteiger partial charge on any atom is 0.227 e. The van der Waals surface area contributed by atoms with Gasteiger partial charge < -0.3 is 14.2 Å². The average molecular weight is 378 g/mol. The topological polar surface area (TPSA) is 60.2 Å². The molecule has 6 nitrogen and oxygen atoms in total. The van der Waals surface area contributed by atoms with Crippen molar-refractivity contribution in [1.29, 1.82) is 0 Å². The van der Waals surface area contributed by atoms with E-state index < -0.39 is 0 Å². The summed E-state index contributed by atoms with van der Waals surface area (Å²) in [6.07, 6.45) is 4.95. The van der Waals surface area contributed by atoms with E-state index in [0.717, 1.165) is 41.1 Å². The molecule has 0 spiro atoms. The van der Waals surface area contributed by atoms with Crippen LogP contribution in [0.15, 0.2) is 42.7 Å². The van der Waals surface area contributed by atoms with Crippen LogP contribution in [-0.4, -0.2) is 45.5 Å². The molecule has 1 unspecified atom stereocenters. The quantitative estimate of drug-likeness (QED) is 0.681. The Bertz CT molecular complexity index is 995. The van der Waals surface area contributed by atoms with Crippen LogP contribution in [0.25, 0.3) is 11.0 Å². The van der Waals surface area contributed by atoms with Gasteiger partial charge in [-0.05, 0) is 32.4 Å². The molecule has 1 saturated heterocycles. The summed E-state index contributed by atoms with van der Waals surface area (Å²) in [5.41, 5.74) is 2.96. The predicted octanol–water partition coefficient (Wildman–Crippen LogP) is 3.58. The van der Waals surface area contributed by atoms with Crippen LogP contribution >= 0.6 is 0 Å². The number of amides is 1. The lowest BCUT2D eigenvalue weighted by Gasteiger charge is -2.19. The van der Waals surface area contributed by atoms with Gasteiger partial charge in [-0.2, -0.15) is 0 Å². The molecule has 4 rings (SSSR count). The van der Waals surface area contributed by atoms with E-state index in [1.807, 2.05) is 41.4 Å². The zero-order chi connectivity index (χ0) is 19.7. The van der Waals surface area contributed by atoms with Gasteiger partial charge in [-0.25, -0.2) is 4.98 Å². The molecule has 146 valence electrons. The molecule has 0 saturated carbocycles. The van der Waals surface area contributed by atoms with E-state index in [1.54, 1.807) is 13.3 Å². The van der Waals surface area contributed by atoms with Gasteiger partial charge in [0.2, 0.25) is 5.91 Å². The van der Waals surface area contributed by atoms with Gasteiger partial charge in [-0.1, -0.05) is 18.2 Å². The molecular formula is C22H26N4O2. The first kappa shape index (κ1) is 18.5. The monoisotopic (exact) mass is 378 g/mol. The second-order valence-corrected chi connectivity index (χ2v) is 7.61. The maximum absolute atomic E-state index is 12.9. The van der Waals surface area contributed by atoms with Gasteiger partial charge >= 0.3 is 0 Å². The number of carbonyl (C=O) groups excluding carboxylic acids is 1. The summed E-state index contributed by atoms with van der Waals surface area (Å²) < 4.78 is 7.65. The number of fused-ring (bicyclic) bond motifs is 1. The van der Waals surface area contributed by atoms with Crippen molar-refractivity contribution in [2.75, 3.05) is 20.2 Å². The zero-order valence-corrected chi connectivity index (χ0v) is 16.6. The number of imidazole rings is 1. The van der Waals surface area contributed by atoms with E-state index in [-0.39, 0.29) is 11.8 Å². The molecular weight excluding hydrogens is 352 g/mol. The molecule has 0 N–H and O–H groups in total. The van der Waals surface area contributed by atoms with Crippen molar-refractivity contribution in [3.8, 4) is 5.75 Å². The minimum atomic E-state index is 0.140. The fraction of sp³-hybridized carbons (Fsp3) is 0.409. The Morgan fingerprint density at radius 3 is 2.89 bits per heavy atom. The van der Waals surface area contributed by atoms with Crippen LogP contribution in [0.5, 0.6) is 5.75 Å². The van der Waals surface area contributed by atoms with E-state index in [1.165, 1.54) is 0 Å². The summed E-state index contributed by atoms with van der Waals surface area (Å²) in [6.45, 7) is 5.80. The number of carbonyl (C=O) groups is 1. The summed E-state index contributed by atoms with van der Waals surface area (Å²) >= 11 is 0. The van der Waals surface area contributed by atoms with Crippen molar-refractivity contribution in [2.24, 2.45) is 0 Å². The molecule has 28 heavy (non-hydrogen) atoms. The number of benzene rings is 1. The molecule has 0 aliphatic carbocycles. The van der Waals surface area contributed by atoms with Crippen molar-refractivity contribution in [3.05, 3.63) is 54.1 Å². The maximum atomic E-state index is 12.9. The number of hydrogen-bond acceptors (Lipinski definition) is 4. The molecule has 3 heterocycles. The third-order valence-corrected chi connectivity index (χ3v) is 5.48. The van der Waals surface area contributed by atoms with Crippen LogP contribution in [0.1, 0.15) is 43.6 Å². The number of hydrogen-bond donors (Lipinski definition) is 0. The van der Waals surface area contributed by atoms with Crippen molar-refractivity contribution >= 4 is 16.9 Å². The smallest absolute Gasteiger partial charge is 0.227 e. The Morgan fingerprint density at radius 1 is 1.29 bits per heavy atom. The number of methoxy groups -OCH3 is 1. The van der Waals surface area contributed by atoms with E-state index in [9.17, 15) is 4.79 Å². The molecule has 1 amide bonds. The van der Waals surface area contributed by atoms with Gasteiger partial charge in [0.05, 0.1) is 30.8 Å². The first-order valence-electron chi connectivity index (χ1n) is 9.80. The van der Waals surface area contributed by atoms with E-state index in [0.29, 0.717) is 19.0 Å². The number of rotatable bonds is 5. The minimum absolute atomic E-state index is 0.140. The van der Waals surface area contributed by atoms with Crippen molar-refractivity contribution in [3.63, 3.8) is 0 Å². The third-order valence-electron chi connectivity index (χ3n) is 5.48.